The molecule has 0 amide bonds. The van der Waals surface area contributed by atoms with E-state index in [0.29, 0.717) is 0 Å². The summed E-state index contributed by atoms with van der Waals surface area (Å²) in [6.45, 7) is 19.4. The van der Waals surface area contributed by atoms with Gasteiger partial charge in [-0.15, -0.1) is 0 Å². The second-order valence-electron chi connectivity index (χ2n) is 6.98. The van der Waals surface area contributed by atoms with Gasteiger partial charge in [0.1, 0.15) is 0 Å². The van der Waals surface area contributed by atoms with Gasteiger partial charge in [-0.2, -0.15) is 0 Å². The van der Waals surface area contributed by atoms with Gasteiger partial charge in [0, 0.05) is 0 Å². The number of rotatable bonds is 3. The Morgan fingerprint density at radius 3 is 0.750 bits per heavy atom. The predicted octanol–water partition coefficient (Wildman–Crippen LogP) is 4.34. The zero-order valence-corrected chi connectivity index (χ0v) is 13.1. The van der Waals surface area contributed by atoms with E-state index in [9.17, 15) is 0 Å². The van der Waals surface area contributed by atoms with Crippen molar-refractivity contribution in [2.75, 3.05) is 53.3 Å². The van der Waals surface area contributed by atoms with Crippen molar-refractivity contribution in [2.24, 2.45) is 0 Å². The molecule has 0 rings (SSSR count). The minimum atomic E-state index is -1.36. The average Bonchev–Trinajstić information content (AvgIpc) is 1.53. The molecule has 0 aromatic rings. The van der Waals surface area contributed by atoms with E-state index in [2.05, 4.69) is 74.1 Å². The number of hydrogen-bond acceptors (Lipinski definition) is 2. The molecule has 0 heterocycles. The summed E-state index contributed by atoms with van der Waals surface area (Å²) in [7, 11) is 4.29. The van der Waals surface area contributed by atoms with Crippen LogP contribution >= 0.6 is 32.4 Å². The molecule has 0 aliphatic carbocycles. The summed E-state index contributed by atoms with van der Waals surface area (Å²) >= 11 is 0. The first kappa shape index (κ1) is 13.6. The molecular formula is C8H24P2S2. The van der Waals surface area contributed by atoms with Crippen molar-refractivity contribution in [1.82, 2.24) is 0 Å². The third kappa shape index (κ3) is 11.6. The molecule has 0 N–H and O–H groups in total. The van der Waals surface area contributed by atoms with E-state index >= 15 is 0 Å². The molecule has 78 valence electrons. The van der Waals surface area contributed by atoms with Crippen LogP contribution in [0.1, 0.15) is 0 Å². The molecule has 0 aromatic carbocycles. The average molecular weight is 246 g/mol. The zero-order chi connectivity index (χ0) is 10.3. The summed E-state index contributed by atoms with van der Waals surface area (Å²) in [6, 6.07) is 0. The van der Waals surface area contributed by atoms with Gasteiger partial charge in [0.05, 0.1) is 0 Å². The van der Waals surface area contributed by atoms with Crippen LogP contribution in [0.3, 0.4) is 0 Å². The number of hydrogen-bond donors (Lipinski definition) is 0. The Labute approximate surface area is 85.8 Å². The molecular weight excluding hydrogens is 222 g/mol. The van der Waals surface area contributed by atoms with Crippen molar-refractivity contribution in [1.29, 1.82) is 0 Å². The summed E-state index contributed by atoms with van der Waals surface area (Å²) < 4.78 is 0. The first-order valence-corrected chi connectivity index (χ1v) is 15.5. The van der Waals surface area contributed by atoms with Crippen molar-refractivity contribution in [3.8, 4) is 0 Å². The van der Waals surface area contributed by atoms with Crippen LogP contribution in [0.25, 0.3) is 0 Å². The van der Waals surface area contributed by atoms with Crippen LogP contribution in [0.2, 0.25) is 0 Å². The Morgan fingerprint density at radius 2 is 0.667 bits per heavy atom. The monoisotopic (exact) mass is 246 g/mol. The Morgan fingerprint density at radius 1 is 0.500 bits per heavy atom. The molecule has 0 radical (unpaired) electrons. The van der Waals surface area contributed by atoms with Crippen molar-refractivity contribution in [3.05, 3.63) is 0 Å². The van der Waals surface area contributed by atoms with Gasteiger partial charge in [-0.25, -0.2) is 0 Å². The fourth-order valence-corrected chi connectivity index (χ4v) is 21.6. The topological polar surface area (TPSA) is 0 Å². The van der Waals surface area contributed by atoms with Crippen LogP contribution in [0.15, 0.2) is 0 Å². The maximum atomic E-state index is 2.42. The van der Waals surface area contributed by atoms with E-state index in [1.807, 2.05) is 0 Å². The molecule has 0 fully saturated rings. The van der Waals surface area contributed by atoms with E-state index in [1.54, 1.807) is 0 Å². The molecule has 0 bridgehead atoms. The van der Waals surface area contributed by atoms with Gasteiger partial charge in [-0.05, 0) is 0 Å². The molecule has 0 spiro atoms. The van der Waals surface area contributed by atoms with Crippen LogP contribution in [0.4, 0.5) is 0 Å². The Hall–Kier alpha value is 1.56. The van der Waals surface area contributed by atoms with Gasteiger partial charge in [-0.1, -0.05) is 0 Å². The summed E-state index contributed by atoms with van der Waals surface area (Å²) in [5, 5.41) is 0. The maximum absolute atomic E-state index is 2.42. The summed E-state index contributed by atoms with van der Waals surface area (Å²) in [6.07, 6.45) is 0. The molecule has 12 heavy (non-hydrogen) atoms. The SMILES string of the molecule is CP(C)(C)(C)SSP(C)(C)(C)C. The molecule has 0 aliphatic rings. The van der Waals surface area contributed by atoms with Crippen molar-refractivity contribution in [2.45, 2.75) is 0 Å². The van der Waals surface area contributed by atoms with E-state index < -0.39 is 11.6 Å². The van der Waals surface area contributed by atoms with E-state index in [4.69, 9.17) is 0 Å². The third-order valence-electron chi connectivity index (χ3n) is 0.630. The van der Waals surface area contributed by atoms with Gasteiger partial charge < -0.3 is 0 Å². The van der Waals surface area contributed by atoms with Crippen LogP contribution in [0, 0.1) is 0 Å². The Kier molecular flexibility index (Phi) is 3.42. The van der Waals surface area contributed by atoms with Crippen molar-refractivity contribution in [3.63, 3.8) is 0 Å². The fraction of sp³-hybridized carbons (Fsp3) is 1.00. The van der Waals surface area contributed by atoms with Gasteiger partial charge in [0.2, 0.25) is 0 Å². The third-order valence-corrected chi connectivity index (χ3v) is 18.8. The first-order chi connectivity index (χ1) is 4.71. The van der Waals surface area contributed by atoms with Crippen LogP contribution in [0.5, 0.6) is 0 Å². The molecule has 0 aliphatic heterocycles. The molecule has 0 nitrogen and oxygen atoms in total. The van der Waals surface area contributed by atoms with Gasteiger partial charge in [-0.3, -0.25) is 0 Å². The molecule has 0 saturated carbocycles. The van der Waals surface area contributed by atoms with Crippen LogP contribution in [-0.4, -0.2) is 53.3 Å². The van der Waals surface area contributed by atoms with Gasteiger partial charge in [0.15, 0.2) is 0 Å². The molecule has 0 saturated heterocycles. The van der Waals surface area contributed by atoms with E-state index in [-0.39, 0.29) is 0 Å². The Bertz CT molecular complexity index is 142. The second-order valence-corrected chi connectivity index (χ2v) is 33.3. The zero-order valence-electron chi connectivity index (χ0n) is 9.71. The minimum absolute atomic E-state index is 1.36. The molecule has 0 aromatic heterocycles. The van der Waals surface area contributed by atoms with Crippen LogP contribution < -0.4 is 0 Å². The normalized spacial score (nSPS) is 20.7. The van der Waals surface area contributed by atoms with Crippen molar-refractivity contribution < 1.29 is 0 Å². The van der Waals surface area contributed by atoms with Gasteiger partial charge >= 0.3 is 85.8 Å². The molecule has 4 heteroatoms. The van der Waals surface area contributed by atoms with Crippen molar-refractivity contribution >= 4 is 32.4 Å². The standard InChI is InChI=1S/C8H24P2S2/c1-9(2,3,4)11-12-10(5,6,7)8/h1-8H3. The molecule has 0 unspecified atom stereocenters. The summed E-state index contributed by atoms with van der Waals surface area (Å²) in [5.74, 6) is -2.71. The van der Waals surface area contributed by atoms with E-state index in [1.165, 1.54) is 0 Å². The fourth-order valence-electron chi connectivity index (χ4n) is 0.267. The van der Waals surface area contributed by atoms with Crippen LogP contribution in [-0.2, 0) is 0 Å². The second kappa shape index (κ2) is 3.02. The summed E-state index contributed by atoms with van der Waals surface area (Å²) in [5.41, 5.74) is 0. The van der Waals surface area contributed by atoms with E-state index in [0.717, 1.165) is 0 Å². The summed E-state index contributed by atoms with van der Waals surface area (Å²) in [4.78, 5) is 0. The predicted molar refractivity (Wildman–Crippen MR) is 76.4 cm³/mol. The quantitative estimate of drug-likeness (QED) is 0.536. The first-order valence-electron chi connectivity index (χ1n) is 4.11. The Balaban J connectivity index is 4.22. The molecule has 0 atom stereocenters. The van der Waals surface area contributed by atoms with Gasteiger partial charge in [0.25, 0.3) is 0 Å².